The maximum absolute atomic E-state index is 12.8. The summed E-state index contributed by atoms with van der Waals surface area (Å²) in [5, 5.41) is 13.3. The van der Waals surface area contributed by atoms with Crippen molar-refractivity contribution in [1.82, 2.24) is 14.7 Å². The van der Waals surface area contributed by atoms with Crippen LogP contribution in [0.1, 0.15) is 41.8 Å². The summed E-state index contributed by atoms with van der Waals surface area (Å²) < 4.78 is 1.84. The van der Waals surface area contributed by atoms with Crippen LogP contribution in [0.25, 0.3) is 0 Å². The quantitative estimate of drug-likeness (QED) is 0.749. The van der Waals surface area contributed by atoms with Crippen molar-refractivity contribution in [3.05, 3.63) is 52.8 Å². The van der Waals surface area contributed by atoms with E-state index >= 15 is 0 Å². The highest BCUT2D eigenvalue weighted by Crippen LogP contribution is 2.16. The average Bonchev–Trinajstić information content (AvgIpc) is 2.84. The molecule has 0 fully saturated rings. The lowest BCUT2D eigenvalue weighted by Crippen LogP contribution is -2.32. The molecule has 0 saturated carbocycles. The number of nitrogens with zero attached hydrogens (tertiary/aromatic N) is 3. The van der Waals surface area contributed by atoms with Crippen molar-refractivity contribution in [3.8, 4) is 0 Å². The van der Waals surface area contributed by atoms with Gasteiger partial charge in [-0.25, -0.2) is 0 Å². The number of hydrogen-bond donors (Lipinski definition) is 1. The fraction of sp³-hybridized carbons (Fsp3) is 0.450. The summed E-state index contributed by atoms with van der Waals surface area (Å²) in [7, 11) is 1.90. The van der Waals surface area contributed by atoms with Crippen molar-refractivity contribution < 1.29 is 14.7 Å². The summed E-state index contributed by atoms with van der Waals surface area (Å²) in [5.74, 6) is -0.791. The molecule has 0 radical (unpaired) electrons. The van der Waals surface area contributed by atoms with E-state index in [4.69, 9.17) is 5.11 Å². The summed E-state index contributed by atoms with van der Waals surface area (Å²) >= 11 is 0. The second-order valence-corrected chi connectivity index (χ2v) is 6.57. The number of aliphatic carboxylic acids is 1. The summed E-state index contributed by atoms with van der Waals surface area (Å²) in [6.07, 6.45) is 1.57. The molecule has 1 aromatic heterocycles. The van der Waals surface area contributed by atoms with Gasteiger partial charge < -0.3 is 10.0 Å². The van der Waals surface area contributed by atoms with Crippen molar-refractivity contribution in [2.75, 3.05) is 6.54 Å². The Bertz CT molecular complexity index is 753. The smallest absolute Gasteiger partial charge is 0.303 e. The van der Waals surface area contributed by atoms with Crippen LogP contribution in [-0.4, -0.2) is 38.2 Å². The lowest BCUT2D eigenvalue weighted by atomic mass is 10.1. The summed E-state index contributed by atoms with van der Waals surface area (Å²) in [6.45, 7) is 4.92. The third-order valence-corrected chi connectivity index (χ3v) is 4.64. The highest BCUT2D eigenvalue weighted by atomic mass is 16.4. The Balaban J connectivity index is 2.02. The number of aromatic nitrogens is 2. The predicted octanol–water partition coefficient (Wildman–Crippen LogP) is 2.86. The molecule has 140 valence electrons. The molecule has 6 heteroatoms. The number of benzene rings is 1. The number of carbonyl (C=O) groups excluding carboxylic acids is 1. The molecule has 1 amide bonds. The Morgan fingerprint density at radius 2 is 1.85 bits per heavy atom. The highest BCUT2D eigenvalue weighted by molar-refractivity contribution is 5.76. The maximum Gasteiger partial charge on any atom is 0.303 e. The SMILES string of the molecule is Cc1nn(C)c(C)c1CCC(=O)N(CCCC(=O)O)Cc1ccccc1. The van der Waals surface area contributed by atoms with Gasteiger partial charge in [0.15, 0.2) is 0 Å². The van der Waals surface area contributed by atoms with Crippen molar-refractivity contribution in [1.29, 1.82) is 0 Å². The van der Waals surface area contributed by atoms with Crippen LogP contribution < -0.4 is 0 Å². The Morgan fingerprint density at radius 1 is 1.15 bits per heavy atom. The molecule has 0 aliphatic rings. The van der Waals surface area contributed by atoms with E-state index in [1.807, 2.05) is 55.9 Å². The maximum atomic E-state index is 12.8. The zero-order valence-electron chi connectivity index (χ0n) is 15.7. The number of carboxylic acids is 1. The van der Waals surface area contributed by atoms with Gasteiger partial charge in [-0.2, -0.15) is 5.10 Å². The Hall–Kier alpha value is -2.63. The van der Waals surface area contributed by atoms with Crippen LogP contribution in [0.5, 0.6) is 0 Å². The predicted molar refractivity (Wildman–Crippen MR) is 99.7 cm³/mol. The molecule has 0 aliphatic heterocycles. The van der Waals surface area contributed by atoms with Gasteiger partial charge in [0, 0.05) is 38.7 Å². The van der Waals surface area contributed by atoms with Crippen LogP contribution in [0.15, 0.2) is 30.3 Å². The summed E-state index contributed by atoms with van der Waals surface area (Å²) in [4.78, 5) is 25.3. The minimum absolute atomic E-state index is 0.0434. The van der Waals surface area contributed by atoms with Crippen LogP contribution >= 0.6 is 0 Å². The topological polar surface area (TPSA) is 75.4 Å². The molecule has 2 rings (SSSR count). The van der Waals surface area contributed by atoms with Crippen molar-refractivity contribution in [2.24, 2.45) is 7.05 Å². The van der Waals surface area contributed by atoms with E-state index in [-0.39, 0.29) is 12.3 Å². The first-order valence-corrected chi connectivity index (χ1v) is 8.91. The van der Waals surface area contributed by atoms with Crippen molar-refractivity contribution in [3.63, 3.8) is 0 Å². The van der Waals surface area contributed by atoms with Crippen LogP contribution in [-0.2, 0) is 29.6 Å². The molecule has 1 N–H and O–H groups in total. The third-order valence-electron chi connectivity index (χ3n) is 4.64. The Morgan fingerprint density at radius 3 is 2.42 bits per heavy atom. The standard InChI is InChI=1S/C20H27N3O3/c1-15-18(16(2)22(3)21-15)11-12-19(24)23(13-7-10-20(25)26)14-17-8-5-4-6-9-17/h4-6,8-9H,7,10-14H2,1-3H3,(H,25,26). The van der Waals surface area contributed by atoms with E-state index in [1.54, 1.807) is 4.90 Å². The van der Waals surface area contributed by atoms with Gasteiger partial charge in [0.2, 0.25) is 5.91 Å². The number of amides is 1. The molecule has 0 bridgehead atoms. The summed E-state index contributed by atoms with van der Waals surface area (Å²) in [5.41, 5.74) is 4.20. The van der Waals surface area contributed by atoms with E-state index < -0.39 is 5.97 Å². The molecule has 0 saturated heterocycles. The largest absolute Gasteiger partial charge is 0.481 e. The number of carbonyl (C=O) groups is 2. The molecule has 1 aromatic carbocycles. The lowest BCUT2D eigenvalue weighted by Gasteiger charge is -2.23. The van der Waals surface area contributed by atoms with Gasteiger partial charge in [-0.1, -0.05) is 30.3 Å². The molecule has 1 heterocycles. The van der Waals surface area contributed by atoms with Crippen LogP contribution in [0.2, 0.25) is 0 Å². The molecule has 0 atom stereocenters. The molecule has 0 aliphatic carbocycles. The second kappa shape index (κ2) is 9.17. The third kappa shape index (κ3) is 5.44. The minimum Gasteiger partial charge on any atom is -0.481 e. The van der Waals surface area contributed by atoms with Gasteiger partial charge in [0.1, 0.15) is 0 Å². The molecule has 0 spiro atoms. The molecule has 2 aromatic rings. The second-order valence-electron chi connectivity index (χ2n) is 6.57. The first kappa shape index (κ1) is 19.7. The normalized spacial score (nSPS) is 10.7. The van der Waals surface area contributed by atoms with Gasteiger partial charge in [-0.15, -0.1) is 0 Å². The first-order chi connectivity index (χ1) is 12.4. The number of carboxylic acid groups (broad SMARTS) is 1. The van der Waals surface area contributed by atoms with Crippen LogP contribution in [0, 0.1) is 13.8 Å². The molecule has 0 unspecified atom stereocenters. The van der Waals surface area contributed by atoms with E-state index in [2.05, 4.69) is 5.10 Å². The van der Waals surface area contributed by atoms with Gasteiger partial charge in [0.05, 0.1) is 5.69 Å². The van der Waals surface area contributed by atoms with Crippen LogP contribution in [0.3, 0.4) is 0 Å². The van der Waals surface area contributed by atoms with Gasteiger partial charge in [-0.05, 0) is 37.8 Å². The number of aryl methyl sites for hydroxylation is 2. The number of hydrogen-bond acceptors (Lipinski definition) is 3. The van der Waals surface area contributed by atoms with Crippen molar-refractivity contribution >= 4 is 11.9 Å². The Labute approximate surface area is 154 Å². The van der Waals surface area contributed by atoms with E-state index in [1.165, 1.54) is 0 Å². The monoisotopic (exact) mass is 357 g/mol. The summed E-state index contributed by atoms with van der Waals surface area (Å²) in [6, 6.07) is 9.78. The van der Waals surface area contributed by atoms with Crippen LogP contribution in [0.4, 0.5) is 0 Å². The van der Waals surface area contributed by atoms with E-state index in [0.29, 0.717) is 32.4 Å². The highest BCUT2D eigenvalue weighted by Gasteiger charge is 2.17. The molecular formula is C20H27N3O3. The van der Waals surface area contributed by atoms with Gasteiger partial charge in [0.25, 0.3) is 0 Å². The fourth-order valence-corrected chi connectivity index (χ4v) is 3.09. The van der Waals surface area contributed by atoms with E-state index in [0.717, 1.165) is 22.5 Å². The zero-order valence-corrected chi connectivity index (χ0v) is 15.7. The van der Waals surface area contributed by atoms with Gasteiger partial charge >= 0.3 is 5.97 Å². The average molecular weight is 357 g/mol. The molecule has 26 heavy (non-hydrogen) atoms. The molecular weight excluding hydrogens is 330 g/mol. The lowest BCUT2D eigenvalue weighted by molar-refractivity contribution is -0.138. The minimum atomic E-state index is -0.835. The Kier molecular flexibility index (Phi) is 6.95. The van der Waals surface area contributed by atoms with Gasteiger partial charge in [-0.3, -0.25) is 14.3 Å². The number of rotatable bonds is 9. The first-order valence-electron chi connectivity index (χ1n) is 8.91. The zero-order chi connectivity index (χ0) is 19.1. The molecule has 6 nitrogen and oxygen atoms in total. The van der Waals surface area contributed by atoms with Crippen molar-refractivity contribution in [2.45, 2.75) is 46.1 Å². The van der Waals surface area contributed by atoms with E-state index in [9.17, 15) is 9.59 Å². The fourth-order valence-electron chi connectivity index (χ4n) is 3.09.